The van der Waals surface area contributed by atoms with E-state index in [1.807, 2.05) is 0 Å². The highest BCUT2D eigenvalue weighted by atomic mass is 16.3. The number of aliphatic hydroxyl groups is 2. The second-order valence-corrected chi connectivity index (χ2v) is 2.21. The molecule has 1 saturated heterocycles. The molecule has 0 aromatic rings. The molecule has 0 aliphatic carbocycles. The van der Waals surface area contributed by atoms with Crippen LogP contribution in [0.2, 0.25) is 0 Å². The summed E-state index contributed by atoms with van der Waals surface area (Å²) in [5.41, 5.74) is 0. The number of carbonyl (C=O) groups is 1. The maximum Gasteiger partial charge on any atom is 0.315 e. The van der Waals surface area contributed by atoms with E-state index in [0.717, 1.165) is 0 Å². The highest BCUT2D eigenvalue weighted by molar-refractivity contribution is 5.75. The second-order valence-electron chi connectivity index (χ2n) is 2.21. The lowest BCUT2D eigenvalue weighted by Crippen LogP contribution is -2.59. The smallest absolute Gasteiger partial charge is 0.315 e. The third-order valence-corrected chi connectivity index (χ3v) is 1.45. The summed E-state index contributed by atoms with van der Waals surface area (Å²) in [6.45, 7) is -0.0222. The Hall–Kier alpha value is -0.810. The number of nitrogens with one attached hydrogen (secondary N) is 2. The lowest BCUT2D eigenvalue weighted by Gasteiger charge is -2.27. The van der Waals surface area contributed by atoms with E-state index < -0.39 is 12.1 Å². The van der Waals surface area contributed by atoms with Gasteiger partial charge >= 0.3 is 6.03 Å². The molecule has 0 spiro atoms. The van der Waals surface area contributed by atoms with Gasteiger partial charge in [0, 0.05) is 6.54 Å². The van der Waals surface area contributed by atoms with Crippen molar-refractivity contribution in [3.63, 3.8) is 0 Å². The number of urea groups is 1. The molecule has 1 heterocycles. The summed E-state index contributed by atoms with van der Waals surface area (Å²) in [4.78, 5) is 10.5. The van der Waals surface area contributed by atoms with E-state index in [1.54, 1.807) is 0 Å². The van der Waals surface area contributed by atoms with Gasteiger partial charge < -0.3 is 20.8 Å². The van der Waals surface area contributed by atoms with Gasteiger partial charge in [0.25, 0.3) is 0 Å². The van der Waals surface area contributed by atoms with E-state index in [0.29, 0.717) is 0 Å². The fourth-order valence-electron chi connectivity index (χ4n) is 0.822. The number of aliphatic hydroxyl groups excluding tert-OH is 2. The Labute approximate surface area is 58.0 Å². The van der Waals surface area contributed by atoms with Crippen LogP contribution in [0.3, 0.4) is 0 Å². The minimum Gasteiger partial charge on any atom is -0.394 e. The van der Waals surface area contributed by atoms with Crippen LogP contribution in [0.15, 0.2) is 0 Å². The summed E-state index contributed by atoms with van der Waals surface area (Å²) >= 11 is 0. The van der Waals surface area contributed by atoms with Gasteiger partial charge in [0.15, 0.2) is 0 Å². The molecule has 1 aliphatic rings. The predicted molar refractivity (Wildman–Crippen MR) is 33.4 cm³/mol. The molecule has 0 aromatic carbocycles. The standard InChI is InChI=1S/C5H10N2O3/c8-2-3-4(9)1-6-5(10)7-3/h3-4,8-9H,1-2H2,(H2,6,7,10)/t3-,4+/m1/s1. The minimum atomic E-state index is -0.692. The van der Waals surface area contributed by atoms with Crippen LogP contribution in [0.4, 0.5) is 4.79 Å². The van der Waals surface area contributed by atoms with Gasteiger partial charge in [0.1, 0.15) is 0 Å². The van der Waals surface area contributed by atoms with Crippen molar-refractivity contribution in [1.29, 1.82) is 0 Å². The first-order valence-corrected chi connectivity index (χ1v) is 3.07. The van der Waals surface area contributed by atoms with Crippen molar-refractivity contribution in [3.8, 4) is 0 Å². The average molecular weight is 146 g/mol. The van der Waals surface area contributed by atoms with Crippen LogP contribution in [0.5, 0.6) is 0 Å². The van der Waals surface area contributed by atoms with Gasteiger partial charge in [0.05, 0.1) is 18.8 Å². The van der Waals surface area contributed by atoms with Crippen LogP contribution in [-0.2, 0) is 0 Å². The largest absolute Gasteiger partial charge is 0.394 e. The molecule has 5 nitrogen and oxygen atoms in total. The first-order valence-electron chi connectivity index (χ1n) is 3.07. The lowest BCUT2D eigenvalue weighted by molar-refractivity contribution is 0.0807. The Morgan fingerprint density at radius 3 is 2.90 bits per heavy atom. The van der Waals surface area contributed by atoms with Crippen molar-refractivity contribution in [1.82, 2.24) is 10.6 Å². The fourth-order valence-corrected chi connectivity index (χ4v) is 0.822. The molecule has 2 atom stereocenters. The number of amides is 2. The Morgan fingerprint density at radius 2 is 2.40 bits per heavy atom. The van der Waals surface area contributed by atoms with Crippen molar-refractivity contribution in [3.05, 3.63) is 0 Å². The molecule has 10 heavy (non-hydrogen) atoms. The molecular formula is C5H10N2O3. The summed E-state index contributed by atoms with van der Waals surface area (Å²) in [6.07, 6.45) is -0.692. The van der Waals surface area contributed by atoms with Gasteiger partial charge in [0.2, 0.25) is 0 Å². The first-order chi connectivity index (χ1) is 4.74. The summed E-state index contributed by atoms with van der Waals surface area (Å²) in [7, 11) is 0. The molecule has 0 unspecified atom stereocenters. The molecule has 0 bridgehead atoms. The van der Waals surface area contributed by atoms with E-state index >= 15 is 0 Å². The molecule has 5 heteroatoms. The van der Waals surface area contributed by atoms with Crippen LogP contribution in [0.25, 0.3) is 0 Å². The number of hydrogen-bond acceptors (Lipinski definition) is 3. The molecule has 1 rings (SSSR count). The van der Waals surface area contributed by atoms with Gasteiger partial charge in [-0.15, -0.1) is 0 Å². The zero-order chi connectivity index (χ0) is 7.56. The topological polar surface area (TPSA) is 81.6 Å². The minimum absolute atomic E-state index is 0.205. The van der Waals surface area contributed by atoms with Gasteiger partial charge in [-0.05, 0) is 0 Å². The Bertz CT molecular complexity index is 139. The number of β-amino-alcohol motifs (C(OH)–C–C–N with tert-alkyl or cyclic N) is 1. The molecule has 58 valence electrons. The number of carbonyl (C=O) groups excluding carboxylic acids is 1. The monoisotopic (exact) mass is 146 g/mol. The van der Waals surface area contributed by atoms with Gasteiger partial charge in [-0.25, -0.2) is 4.79 Å². The summed E-state index contributed by atoms with van der Waals surface area (Å²) < 4.78 is 0. The molecular weight excluding hydrogens is 136 g/mol. The molecule has 1 aliphatic heterocycles. The molecule has 4 N–H and O–H groups in total. The predicted octanol–water partition coefficient (Wildman–Crippen LogP) is -1.98. The van der Waals surface area contributed by atoms with Gasteiger partial charge in [-0.1, -0.05) is 0 Å². The van der Waals surface area contributed by atoms with E-state index in [4.69, 9.17) is 10.2 Å². The van der Waals surface area contributed by atoms with Crippen LogP contribution in [-0.4, -0.2) is 41.5 Å². The summed E-state index contributed by atoms with van der Waals surface area (Å²) in [6, 6.07) is -0.863. The fraction of sp³-hybridized carbons (Fsp3) is 0.800. The van der Waals surface area contributed by atoms with Gasteiger partial charge in [-0.2, -0.15) is 0 Å². The summed E-state index contributed by atoms with van der Waals surface area (Å²) in [5, 5.41) is 22.4. The molecule has 2 amide bonds. The third kappa shape index (κ3) is 1.37. The van der Waals surface area contributed by atoms with Crippen LogP contribution in [0, 0.1) is 0 Å². The Balaban J connectivity index is 2.45. The SMILES string of the molecule is O=C1NC[C@H](O)[C@@H](CO)N1. The van der Waals surface area contributed by atoms with Crippen molar-refractivity contribution in [2.45, 2.75) is 12.1 Å². The van der Waals surface area contributed by atoms with Crippen molar-refractivity contribution in [2.24, 2.45) is 0 Å². The van der Waals surface area contributed by atoms with Crippen LogP contribution >= 0.6 is 0 Å². The van der Waals surface area contributed by atoms with Crippen LogP contribution < -0.4 is 10.6 Å². The van der Waals surface area contributed by atoms with Crippen molar-refractivity contribution < 1.29 is 15.0 Å². The third-order valence-electron chi connectivity index (χ3n) is 1.45. The summed E-state index contributed by atoms with van der Waals surface area (Å²) in [5.74, 6) is 0. The zero-order valence-corrected chi connectivity index (χ0v) is 5.37. The maximum atomic E-state index is 10.5. The molecule has 0 saturated carbocycles. The van der Waals surface area contributed by atoms with E-state index in [9.17, 15) is 4.79 Å². The molecule has 1 fully saturated rings. The highest BCUT2D eigenvalue weighted by Gasteiger charge is 2.25. The first kappa shape index (κ1) is 7.30. The second kappa shape index (κ2) is 2.85. The Kier molecular flexibility index (Phi) is 2.08. The maximum absolute atomic E-state index is 10.5. The van der Waals surface area contributed by atoms with E-state index in [2.05, 4.69) is 10.6 Å². The van der Waals surface area contributed by atoms with E-state index in [1.165, 1.54) is 0 Å². The Morgan fingerprint density at radius 1 is 1.70 bits per heavy atom. The average Bonchev–Trinajstić information content (AvgIpc) is 1.94. The molecule has 0 aromatic heterocycles. The van der Waals surface area contributed by atoms with Crippen molar-refractivity contribution >= 4 is 6.03 Å². The highest BCUT2D eigenvalue weighted by Crippen LogP contribution is 1.95. The quantitative estimate of drug-likeness (QED) is 0.346. The van der Waals surface area contributed by atoms with Gasteiger partial charge in [-0.3, -0.25) is 0 Å². The normalized spacial score (nSPS) is 32.8. The molecule has 0 radical (unpaired) electrons. The zero-order valence-electron chi connectivity index (χ0n) is 5.37. The number of hydrogen-bond donors (Lipinski definition) is 4. The number of rotatable bonds is 1. The van der Waals surface area contributed by atoms with E-state index in [-0.39, 0.29) is 19.2 Å². The lowest BCUT2D eigenvalue weighted by atomic mass is 10.1. The van der Waals surface area contributed by atoms with Crippen molar-refractivity contribution in [2.75, 3.05) is 13.2 Å². The van der Waals surface area contributed by atoms with Crippen LogP contribution in [0.1, 0.15) is 0 Å².